The summed E-state index contributed by atoms with van der Waals surface area (Å²) in [4.78, 5) is 35.7. The van der Waals surface area contributed by atoms with E-state index in [1.807, 2.05) is 44.3 Å². The minimum absolute atomic E-state index is 0.166. The maximum atomic E-state index is 13.4. The molecule has 36 heavy (non-hydrogen) atoms. The maximum Gasteiger partial charge on any atom is 0.261 e. The van der Waals surface area contributed by atoms with Crippen LogP contribution in [0.3, 0.4) is 0 Å². The Morgan fingerprint density at radius 1 is 1.17 bits per heavy atom. The molecule has 0 bridgehead atoms. The second-order valence-corrected chi connectivity index (χ2v) is 8.82. The van der Waals surface area contributed by atoms with E-state index in [-0.39, 0.29) is 11.6 Å². The van der Waals surface area contributed by atoms with Gasteiger partial charge in [0.15, 0.2) is 0 Å². The highest BCUT2D eigenvalue weighted by Gasteiger charge is 2.23. The van der Waals surface area contributed by atoms with Crippen LogP contribution in [0.25, 0.3) is 33.5 Å². The molecular weight excluding hydrogens is 458 g/mol. The van der Waals surface area contributed by atoms with Crippen molar-refractivity contribution in [2.75, 3.05) is 36.5 Å². The van der Waals surface area contributed by atoms with Gasteiger partial charge in [-0.05, 0) is 26.0 Å². The van der Waals surface area contributed by atoms with Gasteiger partial charge >= 0.3 is 0 Å². The largest absolute Gasteiger partial charge is 0.378 e. The van der Waals surface area contributed by atoms with Gasteiger partial charge in [0.2, 0.25) is 0 Å². The van der Waals surface area contributed by atoms with Gasteiger partial charge in [-0.15, -0.1) is 0 Å². The van der Waals surface area contributed by atoms with Crippen LogP contribution in [0.1, 0.15) is 25.6 Å². The van der Waals surface area contributed by atoms with Crippen molar-refractivity contribution in [3.05, 3.63) is 58.9 Å². The lowest BCUT2D eigenvalue weighted by Gasteiger charge is -2.27. The fourth-order valence-electron chi connectivity index (χ4n) is 4.55. The molecule has 1 atom stereocenters. The van der Waals surface area contributed by atoms with Crippen LogP contribution in [-0.4, -0.2) is 61.0 Å². The number of ether oxygens (including phenoxy) is 1. The van der Waals surface area contributed by atoms with Gasteiger partial charge in [-0.1, -0.05) is 6.07 Å². The summed E-state index contributed by atoms with van der Waals surface area (Å²) in [6.07, 6.45) is 5.34. The highest BCUT2D eigenvalue weighted by atomic mass is 16.5. The molecule has 0 radical (unpaired) electrons. The van der Waals surface area contributed by atoms with Gasteiger partial charge in [-0.25, -0.2) is 9.97 Å². The fourth-order valence-corrected chi connectivity index (χ4v) is 4.55. The molecular formula is C25H27N9O2. The highest BCUT2D eigenvalue weighted by molar-refractivity contribution is 5.96. The lowest BCUT2D eigenvalue weighted by Crippen LogP contribution is -2.36. The molecule has 0 aliphatic carbocycles. The van der Waals surface area contributed by atoms with Crippen LogP contribution in [0.15, 0.2) is 47.7 Å². The predicted molar refractivity (Wildman–Crippen MR) is 138 cm³/mol. The first-order chi connectivity index (χ1) is 17.6. The number of H-pyrrole nitrogens is 2. The predicted octanol–water partition coefficient (Wildman–Crippen LogP) is 3.09. The smallest absolute Gasteiger partial charge is 0.261 e. The van der Waals surface area contributed by atoms with Crippen LogP contribution >= 0.6 is 0 Å². The van der Waals surface area contributed by atoms with Gasteiger partial charge in [-0.3, -0.25) is 14.5 Å². The number of aromatic amines is 2. The van der Waals surface area contributed by atoms with Crippen LogP contribution in [0.5, 0.6) is 0 Å². The van der Waals surface area contributed by atoms with E-state index in [0.717, 1.165) is 30.1 Å². The molecule has 5 aromatic rings. The lowest BCUT2D eigenvalue weighted by molar-refractivity contribution is 0.122. The maximum absolute atomic E-state index is 13.4. The van der Waals surface area contributed by atoms with Gasteiger partial charge in [0.1, 0.15) is 28.2 Å². The van der Waals surface area contributed by atoms with Crippen LogP contribution in [0, 0.1) is 0 Å². The number of morpholine rings is 1. The molecule has 11 nitrogen and oxygen atoms in total. The summed E-state index contributed by atoms with van der Waals surface area (Å²) in [7, 11) is 0. The number of hydrogen-bond donors (Lipinski definition) is 3. The van der Waals surface area contributed by atoms with Crippen LogP contribution < -0.4 is 15.8 Å². The molecule has 3 N–H and O–H groups in total. The van der Waals surface area contributed by atoms with E-state index in [4.69, 9.17) is 14.8 Å². The van der Waals surface area contributed by atoms with Crippen molar-refractivity contribution in [3.8, 4) is 11.4 Å². The summed E-state index contributed by atoms with van der Waals surface area (Å²) in [6, 6.07) is 7.58. The van der Waals surface area contributed by atoms with Gasteiger partial charge in [0.25, 0.3) is 5.56 Å². The van der Waals surface area contributed by atoms with Crippen molar-refractivity contribution in [2.24, 2.45) is 0 Å². The number of imidazole rings is 1. The van der Waals surface area contributed by atoms with Crippen molar-refractivity contribution < 1.29 is 4.74 Å². The van der Waals surface area contributed by atoms with E-state index in [2.05, 4.69) is 30.2 Å². The van der Waals surface area contributed by atoms with Gasteiger partial charge in [0.05, 0.1) is 47.9 Å². The van der Waals surface area contributed by atoms with Crippen molar-refractivity contribution >= 4 is 33.6 Å². The summed E-state index contributed by atoms with van der Waals surface area (Å²) >= 11 is 0. The second kappa shape index (κ2) is 9.08. The zero-order valence-electron chi connectivity index (χ0n) is 20.2. The number of aryl methyl sites for hydroxylation is 1. The number of nitrogens with one attached hydrogen (secondary N) is 3. The molecule has 6 rings (SSSR count). The van der Waals surface area contributed by atoms with E-state index in [0.29, 0.717) is 53.4 Å². The van der Waals surface area contributed by atoms with Gasteiger partial charge in [-0.2, -0.15) is 5.10 Å². The molecule has 0 aromatic carbocycles. The summed E-state index contributed by atoms with van der Waals surface area (Å²) < 4.78 is 7.26. The first kappa shape index (κ1) is 22.2. The Morgan fingerprint density at radius 2 is 2.03 bits per heavy atom. The van der Waals surface area contributed by atoms with Crippen molar-refractivity contribution in [1.29, 1.82) is 0 Å². The Hall–Kier alpha value is -4.25. The van der Waals surface area contributed by atoms with Crippen LogP contribution in [-0.2, 0) is 11.3 Å². The number of nitrogens with zero attached hydrogens (tertiary/aromatic N) is 6. The topological polar surface area (TPSA) is 130 Å². The molecule has 0 saturated carbocycles. The molecule has 1 aliphatic heterocycles. The number of anilines is 2. The zero-order valence-corrected chi connectivity index (χ0v) is 20.2. The minimum Gasteiger partial charge on any atom is -0.378 e. The lowest BCUT2D eigenvalue weighted by atomic mass is 10.1. The first-order valence-corrected chi connectivity index (χ1v) is 12.1. The molecule has 0 spiro atoms. The molecule has 6 heterocycles. The number of fused-ring (bicyclic) bond motifs is 2. The number of pyridine rings is 3. The Morgan fingerprint density at radius 3 is 2.81 bits per heavy atom. The highest BCUT2D eigenvalue weighted by Crippen LogP contribution is 2.33. The van der Waals surface area contributed by atoms with Crippen molar-refractivity contribution in [1.82, 2.24) is 34.7 Å². The molecule has 1 fully saturated rings. The molecule has 184 valence electrons. The minimum atomic E-state index is -0.255. The van der Waals surface area contributed by atoms with Crippen LogP contribution in [0.4, 0.5) is 11.5 Å². The molecule has 1 unspecified atom stereocenters. The number of aromatic nitrogens is 7. The second-order valence-electron chi connectivity index (χ2n) is 8.82. The number of rotatable bonds is 6. The van der Waals surface area contributed by atoms with E-state index in [1.165, 1.54) is 0 Å². The fraction of sp³-hybridized carbons (Fsp3) is 0.320. The Bertz CT molecular complexity index is 1580. The zero-order chi connectivity index (χ0) is 24.6. The first-order valence-electron chi connectivity index (χ1n) is 12.1. The Balaban J connectivity index is 1.48. The van der Waals surface area contributed by atoms with E-state index in [9.17, 15) is 4.79 Å². The van der Waals surface area contributed by atoms with Crippen LogP contribution in [0.2, 0.25) is 0 Å². The third-order valence-electron chi connectivity index (χ3n) is 6.47. The quantitative estimate of drug-likeness (QED) is 0.335. The molecule has 5 aromatic heterocycles. The Kier molecular flexibility index (Phi) is 5.61. The summed E-state index contributed by atoms with van der Waals surface area (Å²) in [5, 5.41) is 8.22. The number of hydrogen-bond acceptors (Lipinski definition) is 8. The van der Waals surface area contributed by atoms with Gasteiger partial charge < -0.3 is 24.9 Å². The molecule has 1 saturated heterocycles. The normalized spacial score (nSPS) is 15.0. The van der Waals surface area contributed by atoms with Crippen molar-refractivity contribution in [2.45, 2.75) is 26.4 Å². The van der Waals surface area contributed by atoms with E-state index < -0.39 is 0 Å². The third-order valence-corrected chi connectivity index (χ3v) is 6.47. The Labute approximate surface area is 206 Å². The average molecular weight is 486 g/mol. The van der Waals surface area contributed by atoms with Crippen molar-refractivity contribution in [3.63, 3.8) is 0 Å². The van der Waals surface area contributed by atoms with E-state index >= 15 is 0 Å². The van der Waals surface area contributed by atoms with E-state index in [1.54, 1.807) is 17.1 Å². The third kappa shape index (κ3) is 3.97. The summed E-state index contributed by atoms with van der Waals surface area (Å²) in [5.41, 5.74) is 4.43. The molecule has 0 amide bonds. The van der Waals surface area contributed by atoms with Gasteiger partial charge in [0, 0.05) is 38.1 Å². The monoisotopic (exact) mass is 485 g/mol. The molecule has 1 aliphatic rings. The summed E-state index contributed by atoms with van der Waals surface area (Å²) in [5.74, 6) is 1.31. The standard InChI is InChI=1S/C25H27N9O2/c1-3-34-14-19-22(32-34)23(28-15(2)16-6-4-5-7-26-16)21(25(35)31-19)24-29-17-12-20(27-13-18(17)30-24)33-8-10-36-11-9-33/h4-7,12-15,28H,3,8-11H2,1-2H3,(H,29,30)(H,31,35). The summed E-state index contributed by atoms with van der Waals surface area (Å²) in [6.45, 7) is 7.63. The molecule has 11 heteroatoms. The average Bonchev–Trinajstić information content (AvgIpc) is 3.53. The SMILES string of the molecule is CCn1cc2[nH]c(=O)c(-c3nc4cnc(N5CCOCC5)cc4[nH]3)c(NC(C)c3ccccn3)c2n1.